The van der Waals surface area contributed by atoms with E-state index in [-0.39, 0.29) is 11.9 Å². The van der Waals surface area contributed by atoms with E-state index in [1.807, 2.05) is 48.0 Å². The Bertz CT molecular complexity index is 1070. The van der Waals surface area contributed by atoms with Crippen molar-refractivity contribution in [3.63, 3.8) is 0 Å². The summed E-state index contributed by atoms with van der Waals surface area (Å²) in [6.45, 7) is 3.02. The monoisotopic (exact) mass is 398 g/mol. The molecule has 152 valence electrons. The quantitative estimate of drug-likeness (QED) is 0.475. The van der Waals surface area contributed by atoms with E-state index in [4.69, 9.17) is 0 Å². The van der Waals surface area contributed by atoms with Crippen molar-refractivity contribution in [3.8, 4) is 0 Å². The molecule has 0 bridgehead atoms. The van der Waals surface area contributed by atoms with E-state index in [1.54, 1.807) is 0 Å². The average molecular weight is 399 g/mol. The molecule has 2 N–H and O–H groups in total. The first-order valence-electron chi connectivity index (χ1n) is 10.2. The second kappa shape index (κ2) is 9.27. The summed E-state index contributed by atoms with van der Waals surface area (Å²) in [5, 5.41) is 5.88. The lowest BCUT2D eigenvalue weighted by molar-refractivity contribution is 0.240. The number of benzene rings is 2. The van der Waals surface area contributed by atoms with Crippen LogP contribution in [0.2, 0.25) is 0 Å². The molecule has 4 rings (SSSR count). The fourth-order valence-electron chi connectivity index (χ4n) is 3.68. The molecule has 0 saturated heterocycles. The molecule has 0 atom stereocenters. The molecular formula is C25H26N4O. The highest BCUT2D eigenvalue weighted by molar-refractivity contribution is 5.73. The van der Waals surface area contributed by atoms with Gasteiger partial charge in [0.25, 0.3) is 0 Å². The van der Waals surface area contributed by atoms with Gasteiger partial charge in [-0.25, -0.2) is 9.78 Å². The molecule has 0 radical (unpaired) electrons. The fraction of sp³-hybridized carbons (Fsp3) is 0.200. The lowest BCUT2D eigenvalue weighted by Gasteiger charge is -2.18. The van der Waals surface area contributed by atoms with Crippen LogP contribution in [-0.2, 0) is 6.54 Å². The number of carbonyl (C=O) groups is 1. The highest BCUT2D eigenvalue weighted by atomic mass is 16.2. The molecular weight excluding hydrogens is 372 g/mol. The van der Waals surface area contributed by atoms with E-state index >= 15 is 0 Å². The van der Waals surface area contributed by atoms with Crippen molar-refractivity contribution >= 4 is 11.7 Å². The second-order valence-corrected chi connectivity index (χ2v) is 7.47. The molecule has 2 aromatic heterocycles. The molecule has 2 amide bonds. The van der Waals surface area contributed by atoms with Gasteiger partial charge in [0.1, 0.15) is 5.65 Å². The molecule has 0 aliphatic rings. The zero-order valence-electron chi connectivity index (χ0n) is 17.1. The Morgan fingerprint density at radius 1 is 0.967 bits per heavy atom. The summed E-state index contributed by atoms with van der Waals surface area (Å²) in [6.07, 6.45) is 4.75. The standard InChI is InChI=1S/C25H26N4O/c1-19-13-15-29-18-22(28-24(29)16-19)17-27-25(30)26-14-12-23(20-8-4-2-5-9-20)21-10-6-3-7-11-21/h2-11,13,15-16,18,23H,12,14,17H2,1H3,(H2,26,27,30). The maximum atomic E-state index is 12.3. The number of nitrogens with one attached hydrogen (secondary N) is 2. The lowest BCUT2D eigenvalue weighted by atomic mass is 9.88. The SMILES string of the molecule is Cc1ccn2cc(CNC(=O)NCCC(c3ccccc3)c3ccccc3)nc2c1. The number of amides is 2. The number of hydrogen-bond donors (Lipinski definition) is 2. The lowest BCUT2D eigenvalue weighted by Crippen LogP contribution is -2.36. The number of aromatic nitrogens is 2. The highest BCUT2D eigenvalue weighted by Crippen LogP contribution is 2.27. The first kappa shape index (κ1) is 19.7. The molecule has 5 nitrogen and oxygen atoms in total. The number of rotatable bonds is 7. The third-order valence-electron chi connectivity index (χ3n) is 5.22. The predicted molar refractivity (Wildman–Crippen MR) is 120 cm³/mol. The van der Waals surface area contributed by atoms with Gasteiger partial charge < -0.3 is 15.0 Å². The number of aryl methyl sites for hydroxylation is 1. The van der Waals surface area contributed by atoms with Crippen molar-refractivity contribution in [1.82, 2.24) is 20.0 Å². The van der Waals surface area contributed by atoms with Crippen molar-refractivity contribution < 1.29 is 4.79 Å². The van der Waals surface area contributed by atoms with Gasteiger partial charge in [0.2, 0.25) is 0 Å². The first-order valence-corrected chi connectivity index (χ1v) is 10.2. The second-order valence-electron chi connectivity index (χ2n) is 7.47. The number of fused-ring (bicyclic) bond motifs is 1. The van der Waals surface area contributed by atoms with Gasteiger partial charge in [-0.15, -0.1) is 0 Å². The van der Waals surface area contributed by atoms with Crippen LogP contribution in [-0.4, -0.2) is 22.0 Å². The summed E-state index contributed by atoms with van der Waals surface area (Å²) in [6, 6.07) is 24.7. The van der Waals surface area contributed by atoms with E-state index in [0.29, 0.717) is 13.1 Å². The Balaban J connectivity index is 1.32. The number of hydrogen-bond acceptors (Lipinski definition) is 2. The van der Waals surface area contributed by atoms with Crippen molar-refractivity contribution in [2.24, 2.45) is 0 Å². The van der Waals surface area contributed by atoms with Crippen molar-refractivity contribution in [3.05, 3.63) is 108 Å². The Hall–Kier alpha value is -3.60. The maximum absolute atomic E-state index is 12.3. The summed E-state index contributed by atoms with van der Waals surface area (Å²) >= 11 is 0. The van der Waals surface area contributed by atoms with Gasteiger partial charge in [-0.2, -0.15) is 0 Å². The largest absolute Gasteiger partial charge is 0.338 e. The minimum Gasteiger partial charge on any atom is -0.338 e. The summed E-state index contributed by atoms with van der Waals surface area (Å²) < 4.78 is 1.96. The average Bonchev–Trinajstić information content (AvgIpc) is 3.18. The minimum absolute atomic E-state index is 0.178. The third kappa shape index (κ3) is 4.87. The van der Waals surface area contributed by atoms with Crippen molar-refractivity contribution in [2.45, 2.75) is 25.8 Å². The van der Waals surface area contributed by atoms with Crippen LogP contribution in [0, 0.1) is 6.92 Å². The van der Waals surface area contributed by atoms with Gasteiger partial charge >= 0.3 is 6.03 Å². The molecule has 2 heterocycles. The van der Waals surface area contributed by atoms with E-state index in [1.165, 1.54) is 11.1 Å². The molecule has 0 aliphatic carbocycles. The van der Waals surface area contributed by atoms with Gasteiger partial charge in [0.05, 0.1) is 12.2 Å². The zero-order chi connectivity index (χ0) is 20.8. The first-order chi connectivity index (χ1) is 14.7. The molecule has 0 unspecified atom stereocenters. The normalized spacial score (nSPS) is 11.0. The third-order valence-corrected chi connectivity index (χ3v) is 5.22. The Labute approximate surface area is 176 Å². The van der Waals surface area contributed by atoms with Crippen LogP contribution in [0.1, 0.15) is 34.7 Å². The molecule has 2 aromatic carbocycles. The Morgan fingerprint density at radius 3 is 2.30 bits per heavy atom. The van der Waals surface area contributed by atoms with E-state index in [0.717, 1.165) is 23.3 Å². The van der Waals surface area contributed by atoms with Gasteiger partial charge in [-0.3, -0.25) is 0 Å². The van der Waals surface area contributed by atoms with Crippen LogP contribution in [0.15, 0.2) is 85.2 Å². The number of imidazole rings is 1. The summed E-state index contributed by atoms with van der Waals surface area (Å²) in [5.41, 5.74) is 5.40. The number of urea groups is 1. The van der Waals surface area contributed by atoms with Gasteiger partial charge in [-0.05, 0) is 42.2 Å². The van der Waals surface area contributed by atoms with E-state index in [2.05, 4.69) is 64.1 Å². The van der Waals surface area contributed by atoms with E-state index in [9.17, 15) is 4.79 Å². The Morgan fingerprint density at radius 2 is 1.63 bits per heavy atom. The zero-order valence-corrected chi connectivity index (χ0v) is 17.1. The van der Waals surface area contributed by atoms with Crippen LogP contribution in [0.25, 0.3) is 5.65 Å². The van der Waals surface area contributed by atoms with Crippen LogP contribution in [0.4, 0.5) is 4.79 Å². The minimum atomic E-state index is -0.178. The van der Waals surface area contributed by atoms with Crippen LogP contribution in [0.3, 0.4) is 0 Å². The summed E-state index contributed by atoms with van der Waals surface area (Å²) in [5.74, 6) is 0.245. The van der Waals surface area contributed by atoms with Gasteiger partial charge in [0.15, 0.2) is 0 Å². The number of carbonyl (C=O) groups excluding carboxylic acids is 1. The van der Waals surface area contributed by atoms with Crippen LogP contribution in [0.5, 0.6) is 0 Å². The molecule has 0 saturated carbocycles. The van der Waals surface area contributed by atoms with Crippen LogP contribution < -0.4 is 10.6 Å². The highest BCUT2D eigenvalue weighted by Gasteiger charge is 2.14. The molecule has 0 aliphatic heterocycles. The van der Waals surface area contributed by atoms with Gasteiger partial charge in [0, 0.05) is 24.9 Å². The molecule has 0 spiro atoms. The number of pyridine rings is 1. The predicted octanol–water partition coefficient (Wildman–Crippen LogP) is 4.66. The molecule has 5 heteroatoms. The fourth-order valence-corrected chi connectivity index (χ4v) is 3.68. The summed E-state index contributed by atoms with van der Waals surface area (Å²) in [7, 11) is 0. The molecule has 0 fully saturated rings. The summed E-state index contributed by atoms with van der Waals surface area (Å²) in [4.78, 5) is 16.8. The van der Waals surface area contributed by atoms with Gasteiger partial charge in [-0.1, -0.05) is 60.7 Å². The molecule has 30 heavy (non-hydrogen) atoms. The maximum Gasteiger partial charge on any atom is 0.315 e. The van der Waals surface area contributed by atoms with Crippen LogP contribution >= 0.6 is 0 Å². The molecule has 4 aromatic rings. The Kier molecular flexibility index (Phi) is 6.09. The van der Waals surface area contributed by atoms with Crippen molar-refractivity contribution in [2.75, 3.05) is 6.54 Å². The topological polar surface area (TPSA) is 58.4 Å². The van der Waals surface area contributed by atoms with E-state index < -0.39 is 0 Å². The van der Waals surface area contributed by atoms with Crippen molar-refractivity contribution in [1.29, 1.82) is 0 Å². The number of nitrogens with zero attached hydrogens (tertiary/aromatic N) is 2. The smallest absolute Gasteiger partial charge is 0.315 e.